The summed E-state index contributed by atoms with van der Waals surface area (Å²) in [5, 5.41) is 17.9. The monoisotopic (exact) mass is 405 g/mol. The van der Waals surface area contributed by atoms with Crippen LogP contribution < -0.4 is 15.1 Å². The smallest absolute Gasteiger partial charge is 0.449 e. The molecule has 0 bridgehead atoms. The van der Waals surface area contributed by atoms with Crippen LogP contribution in [-0.4, -0.2) is 64.5 Å². The number of hydrogen-bond donors (Lipinski definition) is 2. The number of carbonyl (C=O) groups is 2. The van der Waals surface area contributed by atoms with Gasteiger partial charge in [0.05, 0.1) is 22.8 Å². The fourth-order valence-electron chi connectivity index (χ4n) is 3.69. The molecule has 1 aromatic heterocycles. The third-order valence-corrected chi connectivity index (χ3v) is 5.31. The minimum absolute atomic E-state index is 0.0611. The van der Waals surface area contributed by atoms with Crippen molar-refractivity contribution >= 4 is 28.7 Å². The number of aromatic nitrogens is 1. The number of piperazine rings is 1. The highest BCUT2D eigenvalue weighted by Crippen LogP contribution is 2.39. The van der Waals surface area contributed by atoms with Crippen molar-refractivity contribution in [3.05, 3.63) is 34.4 Å². The summed E-state index contributed by atoms with van der Waals surface area (Å²) in [6.45, 7) is 0.943. The quantitative estimate of drug-likeness (QED) is 0.735. The summed E-state index contributed by atoms with van der Waals surface area (Å²) >= 11 is 0. The molecule has 154 valence electrons. The lowest BCUT2D eigenvalue weighted by molar-refractivity contribution is -0.134. The Morgan fingerprint density at radius 1 is 1.17 bits per heavy atom. The Labute approximate surface area is 164 Å². The number of fused-ring (bicyclic) bond motifs is 1. The van der Waals surface area contributed by atoms with Crippen LogP contribution in [0.15, 0.2) is 23.1 Å². The Bertz CT molecular complexity index is 1040. The van der Waals surface area contributed by atoms with Gasteiger partial charge in [-0.05, 0) is 25.0 Å². The number of carbonyl (C=O) groups excluding carboxylic acids is 1. The molecule has 1 saturated heterocycles. The van der Waals surface area contributed by atoms with Gasteiger partial charge in [-0.2, -0.15) is 0 Å². The molecule has 1 amide bonds. The van der Waals surface area contributed by atoms with E-state index in [2.05, 4.69) is 4.74 Å². The van der Waals surface area contributed by atoms with E-state index >= 15 is 0 Å². The first-order chi connectivity index (χ1) is 13.9. The average molecular weight is 405 g/mol. The zero-order valence-corrected chi connectivity index (χ0v) is 15.5. The minimum atomic E-state index is -1.60. The number of hydrogen-bond acceptors (Lipinski definition) is 6. The maximum absolute atomic E-state index is 14.9. The molecule has 29 heavy (non-hydrogen) atoms. The third kappa shape index (κ3) is 3.63. The van der Waals surface area contributed by atoms with E-state index in [1.807, 2.05) is 0 Å². The second-order valence-electron chi connectivity index (χ2n) is 7.18. The molecule has 1 aromatic carbocycles. The standard InChI is InChI=1S/C19H20FN3O6/c20-13-7-12-14(8-15(13)21-3-5-22(6-4-21)17(25)10-24)23(11-1-2-11)9-16(18(12)26)29-19(27)28/h7-9,11,24H,1-6,10H2,(H,27,28). The molecule has 2 fully saturated rings. The first-order valence-electron chi connectivity index (χ1n) is 9.31. The Balaban J connectivity index is 1.73. The number of rotatable bonds is 4. The van der Waals surface area contributed by atoms with Gasteiger partial charge in [0, 0.05) is 32.2 Å². The number of ether oxygens (including phenoxy) is 1. The molecule has 1 aliphatic carbocycles. The molecular formula is C19H20FN3O6. The van der Waals surface area contributed by atoms with Crippen molar-refractivity contribution in [3.63, 3.8) is 0 Å². The summed E-state index contributed by atoms with van der Waals surface area (Å²) in [6, 6.07) is 2.82. The van der Waals surface area contributed by atoms with Crippen molar-refractivity contribution < 1.29 is 28.9 Å². The van der Waals surface area contributed by atoms with Crippen LogP contribution in [0.5, 0.6) is 5.75 Å². The number of amides is 1. The molecule has 2 aromatic rings. The van der Waals surface area contributed by atoms with Crippen molar-refractivity contribution in [1.82, 2.24) is 9.47 Å². The number of pyridine rings is 1. The largest absolute Gasteiger partial charge is 0.511 e. The highest BCUT2D eigenvalue weighted by Gasteiger charge is 2.28. The highest BCUT2D eigenvalue weighted by molar-refractivity contribution is 5.85. The lowest BCUT2D eigenvalue weighted by Crippen LogP contribution is -2.49. The normalized spacial score (nSPS) is 16.9. The molecule has 9 nitrogen and oxygen atoms in total. The van der Waals surface area contributed by atoms with E-state index < -0.39 is 24.0 Å². The molecule has 4 rings (SSSR count). The first kappa shape index (κ1) is 19.2. The second kappa shape index (κ2) is 7.36. The predicted octanol–water partition coefficient (Wildman–Crippen LogP) is 1.17. The van der Waals surface area contributed by atoms with Gasteiger partial charge in [0.15, 0.2) is 5.75 Å². The predicted molar refractivity (Wildman–Crippen MR) is 101 cm³/mol. The fraction of sp³-hybridized carbons (Fsp3) is 0.421. The van der Waals surface area contributed by atoms with Gasteiger partial charge in [-0.25, -0.2) is 9.18 Å². The van der Waals surface area contributed by atoms with Gasteiger partial charge in [0.1, 0.15) is 12.4 Å². The second-order valence-corrected chi connectivity index (χ2v) is 7.18. The van der Waals surface area contributed by atoms with Crippen molar-refractivity contribution in [3.8, 4) is 5.75 Å². The third-order valence-electron chi connectivity index (χ3n) is 5.31. The summed E-state index contributed by atoms with van der Waals surface area (Å²) in [5.41, 5.74) is 0.151. The van der Waals surface area contributed by atoms with Crippen LogP contribution in [0.3, 0.4) is 0 Å². The molecule has 0 atom stereocenters. The van der Waals surface area contributed by atoms with Crippen LogP contribution in [0.2, 0.25) is 0 Å². The van der Waals surface area contributed by atoms with E-state index in [0.717, 1.165) is 18.9 Å². The molecule has 0 spiro atoms. The van der Waals surface area contributed by atoms with Gasteiger partial charge in [0.2, 0.25) is 11.3 Å². The van der Waals surface area contributed by atoms with Gasteiger partial charge < -0.3 is 29.3 Å². The SMILES string of the molecule is O=C(O)Oc1cn(C2CC2)c2cc(N3CCN(C(=O)CO)CC3)c(F)cc2c1=O. The van der Waals surface area contributed by atoms with Crippen LogP contribution in [-0.2, 0) is 4.79 Å². The van der Waals surface area contributed by atoms with E-state index in [-0.39, 0.29) is 23.1 Å². The number of halogens is 1. The van der Waals surface area contributed by atoms with Crippen LogP contribution in [0.4, 0.5) is 14.9 Å². The molecule has 2 heterocycles. The summed E-state index contributed by atoms with van der Waals surface area (Å²) < 4.78 is 21.2. The van der Waals surface area contributed by atoms with Gasteiger partial charge >= 0.3 is 6.16 Å². The number of aliphatic hydroxyl groups excluding tert-OH is 1. The zero-order chi connectivity index (χ0) is 20.7. The van der Waals surface area contributed by atoms with E-state index in [0.29, 0.717) is 37.4 Å². The van der Waals surface area contributed by atoms with E-state index in [1.54, 1.807) is 15.5 Å². The van der Waals surface area contributed by atoms with Gasteiger partial charge in [-0.15, -0.1) is 0 Å². The summed E-state index contributed by atoms with van der Waals surface area (Å²) in [7, 11) is 0. The Morgan fingerprint density at radius 2 is 1.86 bits per heavy atom. The lowest BCUT2D eigenvalue weighted by atomic mass is 10.1. The molecule has 0 unspecified atom stereocenters. The lowest BCUT2D eigenvalue weighted by Gasteiger charge is -2.36. The highest BCUT2D eigenvalue weighted by atomic mass is 19.1. The molecule has 2 N–H and O–H groups in total. The van der Waals surface area contributed by atoms with Crippen LogP contribution in [0.25, 0.3) is 10.9 Å². The maximum Gasteiger partial charge on any atom is 0.511 e. The van der Waals surface area contributed by atoms with Crippen molar-refractivity contribution in [2.24, 2.45) is 0 Å². The Kier molecular flexibility index (Phi) is 4.87. The molecule has 1 aliphatic heterocycles. The summed E-state index contributed by atoms with van der Waals surface area (Å²) in [4.78, 5) is 38.4. The van der Waals surface area contributed by atoms with Gasteiger partial charge in [0.25, 0.3) is 0 Å². The minimum Gasteiger partial charge on any atom is -0.449 e. The molecule has 0 radical (unpaired) electrons. The maximum atomic E-state index is 14.9. The fourth-order valence-corrected chi connectivity index (χ4v) is 3.69. The van der Waals surface area contributed by atoms with Crippen LogP contribution in [0.1, 0.15) is 18.9 Å². The van der Waals surface area contributed by atoms with Crippen molar-refractivity contribution in [1.29, 1.82) is 0 Å². The number of aliphatic hydroxyl groups is 1. The summed E-state index contributed by atoms with van der Waals surface area (Å²) in [5.74, 6) is -1.32. The Hall–Kier alpha value is -3.14. The van der Waals surface area contributed by atoms with Crippen molar-refractivity contribution in [2.45, 2.75) is 18.9 Å². The number of anilines is 1. The molecule has 2 aliphatic rings. The van der Waals surface area contributed by atoms with Crippen LogP contribution >= 0.6 is 0 Å². The Morgan fingerprint density at radius 3 is 2.45 bits per heavy atom. The van der Waals surface area contributed by atoms with Crippen LogP contribution in [0, 0.1) is 5.82 Å². The average Bonchev–Trinajstić information content (AvgIpc) is 3.54. The number of nitrogens with zero attached hydrogens (tertiary/aromatic N) is 3. The number of carboxylic acid groups (broad SMARTS) is 1. The van der Waals surface area contributed by atoms with E-state index in [4.69, 9.17) is 10.2 Å². The van der Waals surface area contributed by atoms with Gasteiger partial charge in [-0.3, -0.25) is 9.59 Å². The van der Waals surface area contributed by atoms with Gasteiger partial charge in [-0.1, -0.05) is 0 Å². The first-order valence-corrected chi connectivity index (χ1v) is 9.31. The van der Waals surface area contributed by atoms with E-state index in [9.17, 15) is 18.8 Å². The van der Waals surface area contributed by atoms with E-state index in [1.165, 1.54) is 11.1 Å². The van der Waals surface area contributed by atoms with Crippen molar-refractivity contribution in [2.75, 3.05) is 37.7 Å². The summed E-state index contributed by atoms with van der Waals surface area (Å²) in [6.07, 6.45) is 1.52. The molecular weight excluding hydrogens is 385 g/mol. The number of benzene rings is 1. The molecule has 10 heteroatoms. The zero-order valence-electron chi connectivity index (χ0n) is 15.5. The molecule has 1 saturated carbocycles. The topological polar surface area (TPSA) is 112 Å².